The molecule has 0 N–H and O–H groups in total. The summed E-state index contributed by atoms with van der Waals surface area (Å²) in [6.45, 7) is 1.97. The molecule has 1 saturated carbocycles. The molecule has 3 rings (SSSR count). The summed E-state index contributed by atoms with van der Waals surface area (Å²) in [4.78, 5) is 44.1. The van der Waals surface area contributed by atoms with E-state index in [2.05, 4.69) is 9.97 Å². The molecule has 0 radical (unpaired) electrons. The normalized spacial score (nSPS) is 16.0. The van der Waals surface area contributed by atoms with Crippen LogP contribution in [-0.4, -0.2) is 33.9 Å². The minimum absolute atomic E-state index is 0.0101. The largest absolute Gasteiger partial charge is 0.478 e. The van der Waals surface area contributed by atoms with Gasteiger partial charge in [-0.05, 0) is 25.5 Å². The van der Waals surface area contributed by atoms with Crippen LogP contribution in [0.5, 0.6) is 5.88 Å². The topological polar surface area (TPSA) is 86.2 Å². The fourth-order valence-electron chi connectivity index (χ4n) is 3.02. The quantitative estimate of drug-likeness (QED) is 0.598. The molecule has 9 heteroatoms. The van der Waals surface area contributed by atoms with E-state index in [1.165, 1.54) is 12.1 Å². The molecule has 0 aromatic carbocycles. The number of carbonyl (C=O) groups is 3. The molecule has 0 unspecified atom stereocenters. The van der Waals surface area contributed by atoms with Gasteiger partial charge in [0.1, 0.15) is 5.92 Å². The predicted molar refractivity (Wildman–Crippen MR) is 87.4 cm³/mol. The highest BCUT2D eigenvalue weighted by Crippen LogP contribution is 2.34. The zero-order valence-corrected chi connectivity index (χ0v) is 14.3. The van der Waals surface area contributed by atoms with E-state index in [1.807, 2.05) is 0 Å². The van der Waals surface area contributed by atoms with E-state index >= 15 is 0 Å². The summed E-state index contributed by atoms with van der Waals surface area (Å²) in [5.41, 5.74) is -2.51. The second-order valence-electron chi connectivity index (χ2n) is 6.09. The monoisotopic (exact) mass is 380 g/mol. The first-order valence-corrected chi connectivity index (χ1v) is 8.33. The van der Waals surface area contributed by atoms with Gasteiger partial charge in [-0.2, -0.15) is 18.2 Å². The van der Waals surface area contributed by atoms with Crippen molar-refractivity contribution in [3.8, 4) is 5.88 Å². The lowest BCUT2D eigenvalue weighted by atomic mass is 9.81. The Labute approximate surface area is 151 Å². The van der Waals surface area contributed by atoms with E-state index in [9.17, 15) is 27.6 Å². The summed E-state index contributed by atoms with van der Waals surface area (Å²) in [5, 5.41) is 0.172. The van der Waals surface area contributed by atoms with Gasteiger partial charge in [-0.3, -0.25) is 14.4 Å². The number of ketones is 3. The molecule has 0 spiro atoms. The smallest absolute Gasteiger partial charge is 0.434 e. The van der Waals surface area contributed by atoms with Crippen molar-refractivity contribution in [2.75, 3.05) is 6.61 Å². The van der Waals surface area contributed by atoms with E-state index in [0.29, 0.717) is 6.42 Å². The fraction of sp³-hybridized carbons (Fsp3) is 0.389. The highest BCUT2D eigenvalue weighted by atomic mass is 19.4. The van der Waals surface area contributed by atoms with Crippen LogP contribution in [-0.2, 0) is 15.8 Å². The molecular weight excluding hydrogens is 365 g/mol. The van der Waals surface area contributed by atoms with Crippen molar-refractivity contribution in [2.24, 2.45) is 5.92 Å². The van der Waals surface area contributed by atoms with Crippen LogP contribution in [0.2, 0.25) is 0 Å². The molecule has 2 aromatic heterocycles. The number of ether oxygens (including phenoxy) is 1. The molecule has 2 aromatic rings. The Morgan fingerprint density at radius 3 is 2.44 bits per heavy atom. The lowest BCUT2D eigenvalue weighted by Gasteiger charge is -2.20. The number of alkyl halides is 3. The van der Waals surface area contributed by atoms with Crippen molar-refractivity contribution < 1.29 is 32.3 Å². The third-order valence-corrected chi connectivity index (χ3v) is 4.23. The lowest BCUT2D eigenvalue weighted by Crippen LogP contribution is -2.36. The summed E-state index contributed by atoms with van der Waals surface area (Å²) in [6, 6.07) is 3.83. The maximum absolute atomic E-state index is 13.5. The van der Waals surface area contributed by atoms with Gasteiger partial charge in [-0.1, -0.05) is 0 Å². The lowest BCUT2D eigenvalue weighted by molar-refractivity contribution is -0.142. The molecule has 1 fully saturated rings. The van der Waals surface area contributed by atoms with Gasteiger partial charge in [0, 0.05) is 24.3 Å². The van der Waals surface area contributed by atoms with Crippen molar-refractivity contribution in [3.63, 3.8) is 0 Å². The van der Waals surface area contributed by atoms with Crippen LogP contribution in [0.15, 0.2) is 18.2 Å². The number of hydrogen-bond donors (Lipinski definition) is 0. The summed E-state index contributed by atoms with van der Waals surface area (Å²) in [5.74, 6) is -4.08. The van der Waals surface area contributed by atoms with E-state index in [1.54, 1.807) is 6.92 Å². The van der Waals surface area contributed by atoms with Gasteiger partial charge in [0.05, 0.1) is 12.2 Å². The number of Topliss-reactive ketones (excluding diaryl/α,β-unsaturated/α-hetero) is 3. The predicted octanol–water partition coefficient (Wildman–Crippen LogP) is 3.17. The zero-order chi connectivity index (χ0) is 19.8. The Morgan fingerprint density at radius 2 is 1.85 bits per heavy atom. The Bertz CT molecular complexity index is 924. The molecule has 1 aliphatic carbocycles. The van der Waals surface area contributed by atoms with E-state index in [4.69, 9.17) is 4.74 Å². The summed E-state index contributed by atoms with van der Waals surface area (Å²) in [6.07, 6.45) is -4.68. The number of carbonyl (C=O) groups excluding carboxylic acids is 3. The van der Waals surface area contributed by atoms with Gasteiger partial charge in [0.2, 0.25) is 5.88 Å². The first-order valence-electron chi connectivity index (χ1n) is 8.33. The average molecular weight is 380 g/mol. The second-order valence-corrected chi connectivity index (χ2v) is 6.09. The van der Waals surface area contributed by atoms with Gasteiger partial charge < -0.3 is 4.74 Å². The Morgan fingerprint density at radius 1 is 1.19 bits per heavy atom. The Hall–Kier alpha value is -2.84. The number of hydrogen-bond acceptors (Lipinski definition) is 6. The Kier molecular flexibility index (Phi) is 4.95. The molecule has 2 heterocycles. The van der Waals surface area contributed by atoms with Gasteiger partial charge in [0.25, 0.3) is 0 Å². The molecule has 0 bridgehead atoms. The highest BCUT2D eigenvalue weighted by Gasteiger charge is 2.43. The summed E-state index contributed by atoms with van der Waals surface area (Å²) >= 11 is 0. The van der Waals surface area contributed by atoms with Gasteiger partial charge in [-0.15, -0.1) is 0 Å². The molecule has 27 heavy (non-hydrogen) atoms. The van der Waals surface area contributed by atoms with Crippen LogP contribution in [0.3, 0.4) is 0 Å². The van der Waals surface area contributed by atoms with Gasteiger partial charge >= 0.3 is 6.18 Å². The fourth-order valence-corrected chi connectivity index (χ4v) is 3.02. The SMILES string of the molecule is CCOc1ccc2cc(C(=O)C3C(=O)CCCC3=O)c(C(F)(F)F)nc2n1. The molecular formula is C18H15F3N2O4. The average Bonchev–Trinajstić information content (AvgIpc) is 2.60. The van der Waals surface area contributed by atoms with E-state index in [0.717, 1.165) is 6.07 Å². The van der Waals surface area contributed by atoms with Gasteiger partial charge in [0.15, 0.2) is 28.7 Å². The van der Waals surface area contributed by atoms with Crippen LogP contribution in [0.1, 0.15) is 42.2 Å². The maximum atomic E-state index is 13.5. The molecule has 0 amide bonds. The first kappa shape index (κ1) is 18.9. The minimum atomic E-state index is -4.96. The standard InChI is InChI=1S/C18H15F3N2O4/c1-2-27-13-7-6-9-8-10(16(18(19,20)21)23-17(9)22-13)15(26)14-11(24)4-3-5-12(14)25/h6-8,14H,2-5H2,1H3. The van der Waals surface area contributed by atoms with Crippen LogP contribution in [0.4, 0.5) is 13.2 Å². The van der Waals surface area contributed by atoms with Crippen molar-refractivity contribution >= 4 is 28.4 Å². The number of nitrogens with zero attached hydrogens (tertiary/aromatic N) is 2. The van der Waals surface area contributed by atoms with Crippen LogP contribution < -0.4 is 4.74 Å². The van der Waals surface area contributed by atoms with Gasteiger partial charge in [-0.25, -0.2) is 4.98 Å². The third kappa shape index (κ3) is 3.67. The molecule has 0 saturated heterocycles. The number of rotatable bonds is 4. The summed E-state index contributed by atoms with van der Waals surface area (Å²) < 4.78 is 45.7. The van der Waals surface area contributed by atoms with Crippen molar-refractivity contribution in [2.45, 2.75) is 32.4 Å². The zero-order valence-electron chi connectivity index (χ0n) is 14.3. The number of fused-ring (bicyclic) bond motifs is 1. The van der Waals surface area contributed by atoms with Crippen molar-refractivity contribution in [3.05, 3.63) is 29.5 Å². The van der Waals surface area contributed by atoms with E-state index in [-0.39, 0.29) is 36.4 Å². The minimum Gasteiger partial charge on any atom is -0.478 e. The number of pyridine rings is 2. The molecule has 6 nitrogen and oxygen atoms in total. The number of halogens is 3. The van der Waals surface area contributed by atoms with E-state index < -0.39 is 40.7 Å². The van der Waals surface area contributed by atoms with Crippen LogP contribution in [0, 0.1) is 5.92 Å². The second kappa shape index (κ2) is 7.05. The Balaban J connectivity index is 2.15. The molecule has 1 aliphatic rings. The van der Waals surface area contributed by atoms with Crippen LogP contribution in [0.25, 0.3) is 11.0 Å². The van der Waals surface area contributed by atoms with Crippen LogP contribution >= 0.6 is 0 Å². The molecule has 0 atom stereocenters. The maximum Gasteiger partial charge on any atom is 0.434 e. The third-order valence-electron chi connectivity index (χ3n) is 4.23. The number of aromatic nitrogens is 2. The summed E-state index contributed by atoms with van der Waals surface area (Å²) in [7, 11) is 0. The highest BCUT2D eigenvalue weighted by molar-refractivity contribution is 6.25. The molecule has 142 valence electrons. The molecule has 0 aliphatic heterocycles. The van der Waals surface area contributed by atoms with Crippen molar-refractivity contribution in [1.82, 2.24) is 9.97 Å². The first-order chi connectivity index (χ1) is 12.7. The van der Waals surface area contributed by atoms with Crippen molar-refractivity contribution in [1.29, 1.82) is 0 Å².